The van der Waals surface area contributed by atoms with E-state index < -0.39 is 9.84 Å². The lowest BCUT2D eigenvalue weighted by molar-refractivity contribution is -0.130. The SMILES string of the molecule is CCCCN(C(=O)CSc1nnc(CC(C)c2ccccc2)o1)C1CCS(=O)(=O)C1. The molecule has 2 unspecified atom stereocenters. The van der Waals surface area contributed by atoms with Crippen LogP contribution in [0.25, 0.3) is 0 Å². The van der Waals surface area contributed by atoms with E-state index in [0.717, 1.165) is 12.8 Å². The Morgan fingerprint density at radius 1 is 1.30 bits per heavy atom. The minimum Gasteiger partial charge on any atom is -0.416 e. The van der Waals surface area contributed by atoms with Gasteiger partial charge in [-0.1, -0.05) is 62.4 Å². The number of hydrogen-bond acceptors (Lipinski definition) is 7. The molecule has 2 heterocycles. The summed E-state index contributed by atoms with van der Waals surface area (Å²) in [5.74, 6) is 1.11. The van der Waals surface area contributed by atoms with Crippen molar-refractivity contribution in [1.29, 1.82) is 0 Å². The molecule has 9 heteroatoms. The topological polar surface area (TPSA) is 93.4 Å². The molecule has 1 saturated heterocycles. The highest BCUT2D eigenvalue weighted by molar-refractivity contribution is 7.99. The molecule has 7 nitrogen and oxygen atoms in total. The Labute approximate surface area is 182 Å². The van der Waals surface area contributed by atoms with E-state index in [1.54, 1.807) is 4.90 Å². The Kier molecular flexibility index (Phi) is 7.93. The van der Waals surface area contributed by atoms with Gasteiger partial charge in [-0.2, -0.15) is 0 Å². The Bertz CT molecular complexity index is 931. The number of unbranched alkanes of at least 4 members (excludes halogenated alkanes) is 1. The van der Waals surface area contributed by atoms with Crippen molar-refractivity contribution >= 4 is 27.5 Å². The summed E-state index contributed by atoms with van der Waals surface area (Å²) in [5, 5.41) is 8.53. The third-order valence-electron chi connectivity index (χ3n) is 5.34. The van der Waals surface area contributed by atoms with Crippen LogP contribution in [-0.4, -0.2) is 59.3 Å². The lowest BCUT2D eigenvalue weighted by Crippen LogP contribution is -2.42. The fourth-order valence-corrected chi connectivity index (χ4v) is 6.00. The summed E-state index contributed by atoms with van der Waals surface area (Å²) < 4.78 is 29.4. The highest BCUT2D eigenvalue weighted by Crippen LogP contribution is 2.24. The van der Waals surface area contributed by atoms with Crippen LogP contribution in [0.4, 0.5) is 0 Å². The molecule has 2 atom stereocenters. The molecule has 0 saturated carbocycles. The predicted octanol–water partition coefficient (Wildman–Crippen LogP) is 3.32. The molecule has 3 rings (SSSR count). The second-order valence-corrected chi connectivity index (χ2v) is 10.9. The summed E-state index contributed by atoms with van der Waals surface area (Å²) >= 11 is 1.21. The van der Waals surface area contributed by atoms with E-state index in [1.807, 2.05) is 18.2 Å². The minimum atomic E-state index is -3.04. The van der Waals surface area contributed by atoms with Gasteiger partial charge in [0.25, 0.3) is 5.22 Å². The number of thioether (sulfide) groups is 1. The van der Waals surface area contributed by atoms with Crippen LogP contribution in [0, 0.1) is 0 Å². The average Bonchev–Trinajstić information content (AvgIpc) is 3.33. The van der Waals surface area contributed by atoms with Crippen LogP contribution in [0.2, 0.25) is 0 Å². The minimum absolute atomic E-state index is 0.0647. The molecule has 1 aliphatic heterocycles. The van der Waals surface area contributed by atoms with Gasteiger partial charge in [-0.25, -0.2) is 8.42 Å². The van der Waals surface area contributed by atoms with Crippen LogP contribution in [0.15, 0.2) is 40.0 Å². The molecule has 1 aromatic carbocycles. The van der Waals surface area contributed by atoms with Gasteiger partial charge in [-0.05, 0) is 24.3 Å². The second kappa shape index (κ2) is 10.4. The van der Waals surface area contributed by atoms with Crippen molar-refractivity contribution in [3.63, 3.8) is 0 Å². The number of hydrogen-bond donors (Lipinski definition) is 0. The summed E-state index contributed by atoms with van der Waals surface area (Å²) in [5.41, 5.74) is 1.21. The molecule has 1 fully saturated rings. The van der Waals surface area contributed by atoms with Crippen LogP contribution >= 0.6 is 11.8 Å². The standard InChI is InChI=1S/C21H29N3O4S2/c1-3-4-11-24(18-10-12-30(26,27)15-18)20(25)14-29-21-23-22-19(28-21)13-16(2)17-8-6-5-7-9-17/h5-9,16,18H,3-4,10-15H2,1-2H3. The van der Waals surface area contributed by atoms with Gasteiger partial charge in [-0.15, -0.1) is 10.2 Å². The maximum absolute atomic E-state index is 12.8. The first kappa shape index (κ1) is 22.8. The number of sulfone groups is 1. The molecule has 1 amide bonds. The van der Waals surface area contributed by atoms with Gasteiger partial charge >= 0.3 is 0 Å². The third-order valence-corrected chi connectivity index (χ3v) is 7.89. The molecule has 0 bridgehead atoms. The van der Waals surface area contributed by atoms with E-state index >= 15 is 0 Å². The van der Waals surface area contributed by atoms with Crippen LogP contribution in [0.5, 0.6) is 0 Å². The number of carbonyl (C=O) groups is 1. The first-order chi connectivity index (χ1) is 14.4. The zero-order chi connectivity index (χ0) is 21.6. The number of rotatable bonds is 10. The van der Waals surface area contributed by atoms with Crippen molar-refractivity contribution in [2.24, 2.45) is 0 Å². The normalized spacial score (nSPS) is 18.9. The number of nitrogens with zero attached hydrogens (tertiary/aromatic N) is 3. The Morgan fingerprint density at radius 2 is 2.07 bits per heavy atom. The fraction of sp³-hybridized carbons (Fsp3) is 0.571. The van der Waals surface area contributed by atoms with Crippen molar-refractivity contribution in [1.82, 2.24) is 15.1 Å². The summed E-state index contributed by atoms with van der Waals surface area (Å²) in [6.07, 6.45) is 2.96. The molecule has 0 aliphatic carbocycles. The maximum Gasteiger partial charge on any atom is 0.277 e. The molecule has 0 spiro atoms. The fourth-order valence-electron chi connectivity index (χ4n) is 3.61. The molecule has 30 heavy (non-hydrogen) atoms. The Balaban J connectivity index is 1.55. The van der Waals surface area contributed by atoms with Crippen molar-refractivity contribution < 1.29 is 17.6 Å². The number of aromatic nitrogens is 2. The number of amides is 1. The second-order valence-electron chi connectivity index (χ2n) is 7.76. The molecule has 1 aliphatic rings. The number of carbonyl (C=O) groups excluding carboxylic acids is 1. The highest BCUT2D eigenvalue weighted by Gasteiger charge is 2.34. The monoisotopic (exact) mass is 451 g/mol. The largest absolute Gasteiger partial charge is 0.416 e. The smallest absolute Gasteiger partial charge is 0.277 e. The molecular formula is C21H29N3O4S2. The lowest BCUT2D eigenvalue weighted by atomic mass is 9.98. The van der Waals surface area contributed by atoms with Gasteiger partial charge in [0.2, 0.25) is 11.8 Å². The number of benzene rings is 1. The molecule has 0 N–H and O–H groups in total. The van der Waals surface area contributed by atoms with Gasteiger partial charge in [-0.3, -0.25) is 4.79 Å². The summed E-state index contributed by atoms with van der Waals surface area (Å²) in [4.78, 5) is 14.5. The van der Waals surface area contributed by atoms with Crippen molar-refractivity contribution in [3.05, 3.63) is 41.8 Å². The van der Waals surface area contributed by atoms with Crippen LogP contribution in [0.3, 0.4) is 0 Å². The van der Waals surface area contributed by atoms with E-state index in [1.165, 1.54) is 17.3 Å². The first-order valence-corrected chi connectivity index (χ1v) is 13.2. The third kappa shape index (κ3) is 6.31. The quantitative estimate of drug-likeness (QED) is 0.512. The Hall–Kier alpha value is -1.87. The van der Waals surface area contributed by atoms with Crippen molar-refractivity contribution in [2.75, 3.05) is 23.8 Å². The van der Waals surface area contributed by atoms with E-state index in [-0.39, 0.29) is 35.1 Å². The van der Waals surface area contributed by atoms with Gasteiger partial charge in [0, 0.05) is 19.0 Å². The summed E-state index contributed by atoms with van der Waals surface area (Å²) in [6, 6.07) is 9.92. The first-order valence-electron chi connectivity index (χ1n) is 10.4. The van der Waals surface area contributed by atoms with Crippen molar-refractivity contribution in [2.45, 2.75) is 56.7 Å². The van der Waals surface area contributed by atoms with E-state index in [4.69, 9.17) is 4.42 Å². The average molecular weight is 452 g/mol. The van der Waals surface area contributed by atoms with Gasteiger partial charge < -0.3 is 9.32 Å². The predicted molar refractivity (Wildman–Crippen MR) is 117 cm³/mol. The summed E-state index contributed by atoms with van der Waals surface area (Å²) in [6.45, 7) is 4.75. The van der Waals surface area contributed by atoms with E-state index in [9.17, 15) is 13.2 Å². The molecule has 164 valence electrons. The summed E-state index contributed by atoms with van der Waals surface area (Å²) in [7, 11) is -3.04. The van der Waals surface area contributed by atoms with E-state index in [2.05, 4.69) is 36.2 Å². The molecule has 0 radical (unpaired) electrons. The van der Waals surface area contributed by atoms with Gasteiger partial charge in [0.05, 0.1) is 17.3 Å². The zero-order valence-corrected chi connectivity index (χ0v) is 19.1. The van der Waals surface area contributed by atoms with Crippen LogP contribution in [0.1, 0.15) is 50.5 Å². The Morgan fingerprint density at radius 3 is 2.73 bits per heavy atom. The molecule has 2 aromatic rings. The molecular weight excluding hydrogens is 422 g/mol. The molecule has 1 aromatic heterocycles. The lowest BCUT2D eigenvalue weighted by Gasteiger charge is -2.28. The van der Waals surface area contributed by atoms with Crippen molar-refractivity contribution in [3.8, 4) is 0 Å². The van der Waals surface area contributed by atoms with E-state index in [0.29, 0.717) is 30.5 Å². The highest BCUT2D eigenvalue weighted by atomic mass is 32.2. The van der Waals surface area contributed by atoms with Gasteiger partial charge in [0.15, 0.2) is 9.84 Å². The van der Waals surface area contributed by atoms with Crippen LogP contribution < -0.4 is 0 Å². The maximum atomic E-state index is 12.8. The van der Waals surface area contributed by atoms with Gasteiger partial charge in [0.1, 0.15) is 0 Å². The zero-order valence-electron chi connectivity index (χ0n) is 17.5. The van der Waals surface area contributed by atoms with Crippen LogP contribution in [-0.2, 0) is 21.1 Å².